The molecule has 5 nitrogen and oxygen atoms in total. The van der Waals surface area contributed by atoms with Gasteiger partial charge in [-0.2, -0.15) is 0 Å². The quantitative estimate of drug-likeness (QED) is 0.652. The first-order valence-electron chi connectivity index (χ1n) is 8.52. The van der Waals surface area contributed by atoms with Gasteiger partial charge in [-0.1, -0.05) is 35.1 Å². The van der Waals surface area contributed by atoms with Crippen molar-refractivity contribution in [3.8, 4) is 5.75 Å². The van der Waals surface area contributed by atoms with Gasteiger partial charge in [0, 0.05) is 0 Å². The number of hydrogen-bond donors (Lipinski definition) is 0. The molecular weight excluding hydrogens is 348 g/mol. The SMILES string of the molecule is COc1cccc2sc(N3CC(OC(=O)c4cc(C)ccc4C)C3)nc12. The van der Waals surface area contributed by atoms with E-state index in [0.717, 1.165) is 32.2 Å². The monoisotopic (exact) mass is 368 g/mol. The van der Waals surface area contributed by atoms with Crippen LogP contribution in [0.4, 0.5) is 5.13 Å². The average Bonchev–Trinajstić information content (AvgIpc) is 3.03. The van der Waals surface area contributed by atoms with Gasteiger partial charge in [-0.05, 0) is 37.6 Å². The van der Waals surface area contributed by atoms with Crippen molar-refractivity contribution in [2.75, 3.05) is 25.1 Å². The van der Waals surface area contributed by atoms with E-state index in [0.29, 0.717) is 18.7 Å². The summed E-state index contributed by atoms with van der Waals surface area (Å²) in [7, 11) is 1.65. The molecule has 0 aliphatic carbocycles. The summed E-state index contributed by atoms with van der Waals surface area (Å²) >= 11 is 1.63. The van der Waals surface area contributed by atoms with E-state index >= 15 is 0 Å². The minimum absolute atomic E-state index is 0.101. The standard InChI is InChI=1S/C20H20N2O3S/c1-12-7-8-13(2)15(9-12)19(23)25-14-10-22(11-14)20-21-18-16(24-3)5-4-6-17(18)26-20/h4-9,14H,10-11H2,1-3H3. The van der Waals surface area contributed by atoms with Gasteiger partial charge in [0.05, 0.1) is 30.5 Å². The number of esters is 1. The Labute approximate surface area is 156 Å². The second kappa shape index (κ2) is 6.61. The van der Waals surface area contributed by atoms with Gasteiger partial charge >= 0.3 is 5.97 Å². The molecule has 0 N–H and O–H groups in total. The van der Waals surface area contributed by atoms with Gasteiger partial charge in [-0.3, -0.25) is 0 Å². The van der Waals surface area contributed by atoms with E-state index in [4.69, 9.17) is 9.47 Å². The van der Waals surface area contributed by atoms with Crippen LogP contribution in [0.3, 0.4) is 0 Å². The number of para-hydroxylation sites is 1. The third-order valence-corrected chi connectivity index (χ3v) is 5.68. The Kier molecular flexibility index (Phi) is 4.28. The number of carbonyl (C=O) groups is 1. The molecule has 134 valence electrons. The lowest BCUT2D eigenvalue weighted by Gasteiger charge is -2.38. The number of fused-ring (bicyclic) bond motifs is 1. The van der Waals surface area contributed by atoms with Crippen LogP contribution in [0.1, 0.15) is 21.5 Å². The summed E-state index contributed by atoms with van der Waals surface area (Å²) in [5.41, 5.74) is 3.52. The fraction of sp³-hybridized carbons (Fsp3) is 0.300. The van der Waals surface area contributed by atoms with Crippen LogP contribution in [0.25, 0.3) is 10.2 Å². The lowest BCUT2D eigenvalue weighted by Crippen LogP contribution is -2.53. The molecule has 6 heteroatoms. The number of methoxy groups -OCH3 is 1. The molecule has 4 rings (SSSR count). The van der Waals surface area contributed by atoms with Gasteiger partial charge in [0.25, 0.3) is 0 Å². The summed E-state index contributed by atoms with van der Waals surface area (Å²) in [6.07, 6.45) is -0.101. The van der Waals surface area contributed by atoms with E-state index in [1.165, 1.54) is 0 Å². The molecule has 0 amide bonds. The Morgan fingerprint density at radius 2 is 2.04 bits per heavy atom. The first-order valence-corrected chi connectivity index (χ1v) is 9.33. The first kappa shape index (κ1) is 16.8. The number of aryl methyl sites for hydroxylation is 2. The van der Waals surface area contributed by atoms with Gasteiger partial charge in [0.1, 0.15) is 17.4 Å². The van der Waals surface area contributed by atoms with Crippen LogP contribution in [-0.4, -0.2) is 37.3 Å². The van der Waals surface area contributed by atoms with E-state index in [1.807, 2.05) is 50.2 Å². The highest BCUT2D eigenvalue weighted by molar-refractivity contribution is 7.22. The molecule has 1 aliphatic heterocycles. The van der Waals surface area contributed by atoms with Crippen LogP contribution in [0.15, 0.2) is 36.4 Å². The molecule has 1 aliphatic rings. The van der Waals surface area contributed by atoms with Crippen molar-refractivity contribution in [1.29, 1.82) is 0 Å². The fourth-order valence-corrected chi connectivity index (χ4v) is 4.05. The predicted molar refractivity (Wildman–Crippen MR) is 104 cm³/mol. The molecule has 0 unspecified atom stereocenters. The van der Waals surface area contributed by atoms with Crippen LogP contribution >= 0.6 is 11.3 Å². The zero-order valence-electron chi connectivity index (χ0n) is 15.0. The van der Waals surface area contributed by atoms with Crippen LogP contribution in [0.2, 0.25) is 0 Å². The number of thiazole rings is 1. The number of hydrogen-bond acceptors (Lipinski definition) is 6. The van der Waals surface area contributed by atoms with Crippen LogP contribution in [0, 0.1) is 13.8 Å². The summed E-state index contributed by atoms with van der Waals surface area (Å²) < 4.78 is 12.1. The summed E-state index contributed by atoms with van der Waals surface area (Å²) in [5, 5.41) is 0.934. The van der Waals surface area contributed by atoms with E-state index < -0.39 is 0 Å². The zero-order chi connectivity index (χ0) is 18.3. The van der Waals surface area contributed by atoms with E-state index in [-0.39, 0.29) is 12.1 Å². The number of anilines is 1. The van der Waals surface area contributed by atoms with E-state index in [1.54, 1.807) is 18.4 Å². The topological polar surface area (TPSA) is 51.7 Å². The lowest BCUT2D eigenvalue weighted by molar-refractivity contribution is 0.0233. The number of ether oxygens (including phenoxy) is 2. The second-order valence-corrected chi connectivity index (χ2v) is 7.56. The zero-order valence-corrected chi connectivity index (χ0v) is 15.8. The van der Waals surface area contributed by atoms with Gasteiger partial charge in [0.2, 0.25) is 0 Å². The lowest BCUT2D eigenvalue weighted by atomic mass is 10.1. The maximum Gasteiger partial charge on any atom is 0.338 e. The minimum atomic E-state index is -0.248. The predicted octanol–water partition coefficient (Wildman–Crippen LogP) is 3.97. The summed E-state index contributed by atoms with van der Waals surface area (Å²) in [6.45, 7) is 5.23. The number of rotatable bonds is 4. The molecule has 0 atom stereocenters. The first-order chi connectivity index (χ1) is 12.5. The summed E-state index contributed by atoms with van der Waals surface area (Å²) in [4.78, 5) is 19.2. The van der Waals surface area contributed by atoms with E-state index in [2.05, 4.69) is 9.88 Å². The molecule has 0 radical (unpaired) electrons. The van der Waals surface area contributed by atoms with Crippen LogP contribution < -0.4 is 9.64 Å². The largest absolute Gasteiger partial charge is 0.494 e. The Balaban J connectivity index is 1.43. The Hall–Kier alpha value is -2.60. The molecule has 1 aromatic heterocycles. The normalized spacial score (nSPS) is 14.3. The van der Waals surface area contributed by atoms with Gasteiger partial charge in [0.15, 0.2) is 5.13 Å². The second-order valence-electron chi connectivity index (χ2n) is 6.55. The van der Waals surface area contributed by atoms with Gasteiger partial charge in [-0.25, -0.2) is 9.78 Å². The molecule has 0 saturated carbocycles. The Morgan fingerprint density at radius 3 is 2.81 bits per heavy atom. The molecule has 0 bridgehead atoms. The van der Waals surface area contributed by atoms with E-state index in [9.17, 15) is 4.79 Å². The smallest absolute Gasteiger partial charge is 0.338 e. The van der Waals surface area contributed by atoms with Gasteiger partial charge in [-0.15, -0.1) is 0 Å². The molecule has 2 heterocycles. The summed E-state index contributed by atoms with van der Waals surface area (Å²) in [5.74, 6) is 0.533. The molecule has 2 aromatic carbocycles. The third kappa shape index (κ3) is 3.01. The highest BCUT2D eigenvalue weighted by Crippen LogP contribution is 2.36. The number of benzene rings is 2. The van der Waals surface area contributed by atoms with Crippen molar-refractivity contribution in [2.24, 2.45) is 0 Å². The van der Waals surface area contributed by atoms with Crippen molar-refractivity contribution in [3.63, 3.8) is 0 Å². The van der Waals surface area contributed by atoms with Gasteiger partial charge < -0.3 is 14.4 Å². The minimum Gasteiger partial charge on any atom is -0.494 e. The average molecular weight is 368 g/mol. The van der Waals surface area contributed by atoms with Crippen LogP contribution in [0.5, 0.6) is 5.75 Å². The van der Waals surface area contributed by atoms with Crippen molar-refractivity contribution in [3.05, 3.63) is 53.1 Å². The van der Waals surface area contributed by atoms with Crippen molar-refractivity contribution < 1.29 is 14.3 Å². The van der Waals surface area contributed by atoms with Crippen molar-refractivity contribution >= 4 is 32.7 Å². The molecule has 1 fully saturated rings. The molecular formula is C20H20N2O3S. The molecule has 1 saturated heterocycles. The van der Waals surface area contributed by atoms with Crippen molar-refractivity contribution in [2.45, 2.75) is 20.0 Å². The maximum atomic E-state index is 12.4. The number of nitrogens with zero attached hydrogens (tertiary/aromatic N) is 2. The Bertz CT molecular complexity index is 976. The number of aromatic nitrogens is 1. The highest BCUT2D eigenvalue weighted by atomic mass is 32.1. The maximum absolute atomic E-state index is 12.4. The molecule has 26 heavy (non-hydrogen) atoms. The summed E-state index contributed by atoms with van der Waals surface area (Å²) in [6, 6.07) is 11.8. The molecule has 0 spiro atoms. The fourth-order valence-electron chi connectivity index (χ4n) is 3.05. The number of carbonyl (C=O) groups excluding carboxylic acids is 1. The molecule has 3 aromatic rings. The van der Waals surface area contributed by atoms with Crippen molar-refractivity contribution in [1.82, 2.24) is 4.98 Å². The highest BCUT2D eigenvalue weighted by Gasteiger charge is 2.32. The third-order valence-electron chi connectivity index (χ3n) is 4.60. The Morgan fingerprint density at radius 1 is 1.23 bits per heavy atom. The van der Waals surface area contributed by atoms with Crippen LogP contribution in [-0.2, 0) is 4.74 Å².